The van der Waals surface area contributed by atoms with Crippen molar-refractivity contribution < 1.29 is 0 Å². The van der Waals surface area contributed by atoms with Crippen LogP contribution in [-0.2, 0) is 6.42 Å². The highest BCUT2D eigenvalue weighted by Gasteiger charge is 2.08. The number of rotatable bonds is 8. The molecule has 0 amide bonds. The van der Waals surface area contributed by atoms with Gasteiger partial charge in [-0.05, 0) is 49.4 Å². The molecular weight excluding hydrogens is 216 g/mol. The molecule has 90 valence electrons. The van der Waals surface area contributed by atoms with Crippen molar-refractivity contribution in [2.24, 2.45) is 0 Å². The Morgan fingerprint density at radius 2 is 2.38 bits per heavy atom. The molecule has 0 bridgehead atoms. The van der Waals surface area contributed by atoms with Gasteiger partial charge in [-0.3, -0.25) is 4.98 Å². The second kappa shape index (κ2) is 8.59. The van der Waals surface area contributed by atoms with E-state index in [0.29, 0.717) is 6.04 Å². The quantitative estimate of drug-likeness (QED) is 0.754. The minimum absolute atomic E-state index is 0.594. The Morgan fingerprint density at radius 3 is 3.00 bits per heavy atom. The Morgan fingerprint density at radius 1 is 1.50 bits per heavy atom. The van der Waals surface area contributed by atoms with Gasteiger partial charge in [-0.25, -0.2) is 0 Å². The third kappa shape index (κ3) is 5.52. The number of nitrogens with zero attached hydrogens (tertiary/aromatic N) is 1. The highest BCUT2D eigenvalue weighted by atomic mass is 32.2. The molecular formula is C13H22N2S. The van der Waals surface area contributed by atoms with Crippen molar-refractivity contribution in [1.82, 2.24) is 10.3 Å². The van der Waals surface area contributed by atoms with Crippen LogP contribution in [-0.4, -0.2) is 29.6 Å². The summed E-state index contributed by atoms with van der Waals surface area (Å²) in [6.07, 6.45) is 9.49. The van der Waals surface area contributed by atoms with Crippen LogP contribution in [0.1, 0.15) is 25.3 Å². The predicted molar refractivity (Wildman–Crippen MR) is 73.0 cm³/mol. The van der Waals surface area contributed by atoms with Crippen molar-refractivity contribution in [2.45, 2.75) is 32.2 Å². The van der Waals surface area contributed by atoms with E-state index in [-0.39, 0.29) is 0 Å². The van der Waals surface area contributed by atoms with E-state index in [1.165, 1.54) is 24.2 Å². The predicted octanol–water partition coefficient (Wildman–Crippen LogP) is 2.75. The summed E-state index contributed by atoms with van der Waals surface area (Å²) in [7, 11) is 0. The molecule has 2 nitrogen and oxygen atoms in total. The Hall–Kier alpha value is -0.540. The second-order valence-electron chi connectivity index (χ2n) is 4.00. The van der Waals surface area contributed by atoms with Crippen LogP contribution < -0.4 is 5.32 Å². The molecule has 1 atom stereocenters. The summed E-state index contributed by atoms with van der Waals surface area (Å²) in [6, 6.07) is 4.77. The lowest BCUT2D eigenvalue weighted by Gasteiger charge is -2.17. The number of hydrogen-bond donors (Lipinski definition) is 1. The summed E-state index contributed by atoms with van der Waals surface area (Å²) in [5, 5.41) is 3.61. The number of hydrogen-bond acceptors (Lipinski definition) is 3. The Labute approximate surface area is 103 Å². The summed E-state index contributed by atoms with van der Waals surface area (Å²) in [5.74, 6) is 1.22. The maximum Gasteiger partial charge on any atom is 0.0300 e. The average Bonchev–Trinajstić information content (AvgIpc) is 2.34. The summed E-state index contributed by atoms with van der Waals surface area (Å²) in [4.78, 5) is 4.17. The first-order valence-corrected chi connectivity index (χ1v) is 7.37. The lowest BCUT2D eigenvalue weighted by Crippen LogP contribution is -2.32. The van der Waals surface area contributed by atoms with Gasteiger partial charge < -0.3 is 5.32 Å². The largest absolute Gasteiger partial charge is 0.314 e. The van der Waals surface area contributed by atoms with Crippen LogP contribution in [0.2, 0.25) is 0 Å². The van der Waals surface area contributed by atoms with Crippen LogP contribution in [0.5, 0.6) is 0 Å². The number of pyridine rings is 1. The SMILES string of the molecule is CCCNC(CCSC)Cc1cccnc1. The van der Waals surface area contributed by atoms with Crippen molar-refractivity contribution in [3.05, 3.63) is 30.1 Å². The lowest BCUT2D eigenvalue weighted by molar-refractivity contribution is 0.497. The molecule has 0 saturated carbocycles. The molecule has 1 heterocycles. The van der Waals surface area contributed by atoms with Gasteiger partial charge in [0.2, 0.25) is 0 Å². The van der Waals surface area contributed by atoms with Gasteiger partial charge in [0.05, 0.1) is 0 Å². The van der Waals surface area contributed by atoms with E-state index in [4.69, 9.17) is 0 Å². The zero-order valence-corrected chi connectivity index (χ0v) is 11.1. The zero-order chi connectivity index (χ0) is 11.6. The molecule has 0 aliphatic rings. The zero-order valence-electron chi connectivity index (χ0n) is 10.3. The molecule has 0 aliphatic carbocycles. The normalized spacial score (nSPS) is 12.6. The third-order valence-corrected chi connectivity index (χ3v) is 3.20. The van der Waals surface area contributed by atoms with Gasteiger partial charge >= 0.3 is 0 Å². The van der Waals surface area contributed by atoms with E-state index >= 15 is 0 Å². The summed E-state index contributed by atoms with van der Waals surface area (Å²) in [5.41, 5.74) is 1.33. The van der Waals surface area contributed by atoms with E-state index in [1.54, 1.807) is 0 Å². The molecule has 0 radical (unpaired) electrons. The fraction of sp³-hybridized carbons (Fsp3) is 0.615. The van der Waals surface area contributed by atoms with Gasteiger partial charge in [0, 0.05) is 18.4 Å². The highest BCUT2D eigenvalue weighted by Crippen LogP contribution is 2.07. The van der Waals surface area contributed by atoms with Gasteiger partial charge in [0.15, 0.2) is 0 Å². The van der Waals surface area contributed by atoms with Crippen LogP contribution >= 0.6 is 11.8 Å². The molecule has 1 unspecified atom stereocenters. The summed E-state index contributed by atoms with van der Waals surface area (Å²) >= 11 is 1.92. The van der Waals surface area contributed by atoms with Crippen LogP contribution in [0.15, 0.2) is 24.5 Å². The van der Waals surface area contributed by atoms with E-state index in [9.17, 15) is 0 Å². The number of thioether (sulfide) groups is 1. The standard InChI is InChI=1S/C13H22N2S/c1-3-7-15-13(6-9-16-2)10-12-5-4-8-14-11-12/h4-5,8,11,13,15H,3,6-7,9-10H2,1-2H3. The van der Waals surface area contributed by atoms with Crippen molar-refractivity contribution in [3.63, 3.8) is 0 Å². The summed E-state index contributed by atoms with van der Waals surface area (Å²) < 4.78 is 0. The molecule has 1 aromatic heterocycles. The summed E-state index contributed by atoms with van der Waals surface area (Å²) in [6.45, 7) is 3.32. The molecule has 1 rings (SSSR count). The molecule has 3 heteroatoms. The maximum atomic E-state index is 4.17. The Bertz CT molecular complexity index is 256. The molecule has 16 heavy (non-hydrogen) atoms. The fourth-order valence-electron chi connectivity index (χ4n) is 1.69. The van der Waals surface area contributed by atoms with Gasteiger partial charge in [0.25, 0.3) is 0 Å². The minimum Gasteiger partial charge on any atom is -0.314 e. The Balaban J connectivity index is 2.42. The van der Waals surface area contributed by atoms with Gasteiger partial charge in [-0.1, -0.05) is 13.0 Å². The van der Waals surface area contributed by atoms with Crippen LogP contribution in [0.4, 0.5) is 0 Å². The van der Waals surface area contributed by atoms with E-state index < -0.39 is 0 Å². The van der Waals surface area contributed by atoms with Gasteiger partial charge in [0.1, 0.15) is 0 Å². The topological polar surface area (TPSA) is 24.9 Å². The first-order chi connectivity index (χ1) is 7.86. The number of nitrogens with one attached hydrogen (secondary N) is 1. The number of aromatic nitrogens is 1. The highest BCUT2D eigenvalue weighted by molar-refractivity contribution is 7.98. The monoisotopic (exact) mass is 238 g/mol. The van der Waals surface area contributed by atoms with Crippen molar-refractivity contribution in [2.75, 3.05) is 18.6 Å². The molecule has 1 N–H and O–H groups in total. The smallest absolute Gasteiger partial charge is 0.0300 e. The van der Waals surface area contributed by atoms with E-state index in [1.807, 2.05) is 30.2 Å². The first-order valence-electron chi connectivity index (χ1n) is 5.98. The molecule has 0 aliphatic heterocycles. The average molecular weight is 238 g/mol. The molecule has 0 aromatic carbocycles. The van der Waals surface area contributed by atoms with Crippen LogP contribution in [0.3, 0.4) is 0 Å². The molecule has 0 saturated heterocycles. The molecule has 1 aromatic rings. The van der Waals surface area contributed by atoms with Crippen molar-refractivity contribution in [3.8, 4) is 0 Å². The molecule has 0 spiro atoms. The van der Waals surface area contributed by atoms with Gasteiger partial charge in [-0.15, -0.1) is 0 Å². The minimum atomic E-state index is 0.594. The lowest BCUT2D eigenvalue weighted by atomic mass is 10.1. The van der Waals surface area contributed by atoms with Crippen LogP contribution in [0.25, 0.3) is 0 Å². The maximum absolute atomic E-state index is 4.17. The van der Waals surface area contributed by atoms with Crippen molar-refractivity contribution in [1.29, 1.82) is 0 Å². The van der Waals surface area contributed by atoms with Gasteiger partial charge in [-0.2, -0.15) is 11.8 Å². The van der Waals surface area contributed by atoms with Crippen LogP contribution in [0, 0.1) is 0 Å². The molecule has 0 fully saturated rings. The fourth-order valence-corrected chi connectivity index (χ4v) is 2.21. The van der Waals surface area contributed by atoms with E-state index in [0.717, 1.165) is 13.0 Å². The Kier molecular flexibility index (Phi) is 7.26. The third-order valence-electron chi connectivity index (χ3n) is 2.56. The van der Waals surface area contributed by atoms with E-state index in [2.05, 4.69) is 29.5 Å². The first kappa shape index (κ1) is 13.5. The van der Waals surface area contributed by atoms with Crippen molar-refractivity contribution >= 4 is 11.8 Å². The second-order valence-corrected chi connectivity index (χ2v) is 4.98.